The van der Waals surface area contributed by atoms with Crippen molar-refractivity contribution in [3.8, 4) is 0 Å². The van der Waals surface area contributed by atoms with Gasteiger partial charge in [-0.15, -0.1) is 0 Å². The topological polar surface area (TPSA) is 154 Å². The third kappa shape index (κ3) is 8.24. The minimum atomic E-state index is -1.03. The molecule has 0 spiro atoms. The first-order chi connectivity index (χ1) is 20.9. The van der Waals surface area contributed by atoms with Gasteiger partial charge in [-0.1, -0.05) is 77.8 Å². The second-order valence-corrected chi connectivity index (χ2v) is 12.8. The summed E-state index contributed by atoms with van der Waals surface area (Å²) in [4.78, 5) is 80.0. The Labute approximate surface area is 260 Å². The lowest BCUT2D eigenvalue weighted by atomic mass is 9.92. The van der Waals surface area contributed by atoms with Gasteiger partial charge in [0.05, 0.1) is 12.1 Å². The molecule has 1 saturated heterocycles. The van der Waals surface area contributed by atoms with Crippen LogP contribution in [0.5, 0.6) is 0 Å². The van der Waals surface area contributed by atoms with Gasteiger partial charge in [0.15, 0.2) is 0 Å². The summed E-state index contributed by atoms with van der Waals surface area (Å²) < 4.78 is 0. The minimum absolute atomic E-state index is 0.0769. The third-order valence-corrected chi connectivity index (χ3v) is 8.95. The number of nitrogens with zero attached hydrogens (tertiary/aromatic N) is 1. The molecular weight excluding hydrogens is 562 g/mol. The highest BCUT2D eigenvalue weighted by molar-refractivity contribution is 6.38. The number of ketones is 1. The van der Waals surface area contributed by atoms with Crippen LogP contribution in [-0.2, 0) is 28.8 Å². The number of carbonyl (C=O) groups is 6. The molecule has 1 aliphatic heterocycles. The molecule has 1 heterocycles. The second kappa shape index (κ2) is 15.8. The first kappa shape index (κ1) is 34.7. The average Bonchev–Trinajstić information content (AvgIpc) is 3.59. The molecule has 3 rings (SSSR count). The van der Waals surface area contributed by atoms with Gasteiger partial charge in [0.1, 0.15) is 18.1 Å². The van der Waals surface area contributed by atoms with Crippen LogP contribution in [0.1, 0.15) is 85.3 Å². The van der Waals surface area contributed by atoms with Crippen molar-refractivity contribution in [2.75, 3.05) is 6.54 Å². The molecule has 7 atom stereocenters. The molecule has 4 N–H and O–H groups in total. The second-order valence-electron chi connectivity index (χ2n) is 12.8. The van der Waals surface area contributed by atoms with Crippen LogP contribution < -0.4 is 21.3 Å². The van der Waals surface area contributed by atoms with Crippen LogP contribution in [0.4, 0.5) is 0 Å². The molecule has 1 aliphatic carbocycles. The molecule has 2 aliphatic rings. The number of fused-ring (bicyclic) bond motifs is 1. The van der Waals surface area contributed by atoms with Crippen molar-refractivity contribution in [3.63, 3.8) is 0 Å². The molecule has 11 nitrogen and oxygen atoms in total. The van der Waals surface area contributed by atoms with Gasteiger partial charge in [0.2, 0.25) is 29.9 Å². The van der Waals surface area contributed by atoms with Crippen LogP contribution in [0.2, 0.25) is 0 Å². The van der Waals surface area contributed by atoms with Crippen molar-refractivity contribution in [2.24, 2.45) is 23.7 Å². The Morgan fingerprint density at radius 1 is 0.909 bits per heavy atom. The van der Waals surface area contributed by atoms with Crippen molar-refractivity contribution in [3.05, 3.63) is 35.9 Å². The molecule has 11 heteroatoms. The molecule has 1 unspecified atom stereocenters. The summed E-state index contributed by atoms with van der Waals surface area (Å²) in [6.45, 7) is 11.3. The molecule has 5 amide bonds. The van der Waals surface area contributed by atoms with E-state index in [1.807, 2.05) is 51.1 Å². The standard InChI is InChI=1S/C33H49N5O6/c1-7-12-25(29(40)32(43)35-21(6)22-13-9-8-10-14-22)36-31(42)28-24-16-11-15-23(24)17-38(28)33(44)27(20(4)5)37-30(41)26(19(2)3)34-18-39/h8-10,13-14,18-21,23-28H,7,11-12,15-17H2,1-6H3,(H,34,39)(H,35,43)(H,36,42)(H,37,41)/t21-,23+,24+,25?,26-,27+,28+/m1/s1. The van der Waals surface area contributed by atoms with Crippen LogP contribution in [-0.4, -0.2) is 71.4 Å². The van der Waals surface area contributed by atoms with Crippen LogP contribution in [0.25, 0.3) is 0 Å². The van der Waals surface area contributed by atoms with Crippen LogP contribution in [0, 0.1) is 23.7 Å². The van der Waals surface area contributed by atoms with E-state index in [9.17, 15) is 28.8 Å². The number of amides is 5. The van der Waals surface area contributed by atoms with Crippen molar-refractivity contribution in [2.45, 2.75) is 104 Å². The predicted octanol–water partition coefficient (Wildman–Crippen LogP) is 2.26. The van der Waals surface area contributed by atoms with Gasteiger partial charge in [0.25, 0.3) is 5.91 Å². The number of Topliss-reactive ketones (excluding diaryl/α,β-unsaturated/α-hetero) is 1. The number of hydrogen-bond donors (Lipinski definition) is 4. The molecule has 1 aromatic rings. The Kier molecular flexibility index (Phi) is 12.5. The van der Waals surface area contributed by atoms with E-state index in [0.717, 1.165) is 24.8 Å². The zero-order valence-electron chi connectivity index (χ0n) is 26.8. The van der Waals surface area contributed by atoms with Gasteiger partial charge in [-0.3, -0.25) is 28.8 Å². The molecule has 2 fully saturated rings. The number of likely N-dealkylation sites (tertiary alicyclic amines) is 1. The Morgan fingerprint density at radius 3 is 2.16 bits per heavy atom. The van der Waals surface area contributed by atoms with Gasteiger partial charge >= 0.3 is 0 Å². The summed E-state index contributed by atoms with van der Waals surface area (Å²) in [6.07, 6.45) is 3.89. The Bertz CT molecular complexity index is 1190. The van der Waals surface area contributed by atoms with E-state index in [4.69, 9.17) is 0 Å². The van der Waals surface area contributed by atoms with E-state index in [2.05, 4.69) is 21.3 Å². The summed E-state index contributed by atoms with van der Waals surface area (Å²) >= 11 is 0. The van der Waals surface area contributed by atoms with Gasteiger partial charge in [-0.2, -0.15) is 0 Å². The maximum absolute atomic E-state index is 14.0. The smallest absolute Gasteiger partial charge is 0.290 e. The van der Waals surface area contributed by atoms with Gasteiger partial charge in [-0.05, 0) is 55.4 Å². The summed E-state index contributed by atoms with van der Waals surface area (Å²) in [5, 5.41) is 10.9. The van der Waals surface area contributed by atoms with E-state index >= 15 is 0 Å². The molecule has 1 aromatic carbocycles. The molecular formula is C33H49N5O6. The zero-order valence-corrected chi connectivity index (χ0v) is 26.8. The van der Waals surface area contributed by atoms with E-state index in [1.54, 1.807) is 25.7 Å². The normalized spacial score (nSPS) is 22.0. The Balaban J connectivity index is 1.79. The summed E-state index contributed by atoms with van der Waals surface area (Å²) in [5.41, 5.74) is 0.852. The predicted molar refractivity (Wildman–Crippen MR) is 166 cm³/mol. The molecule has 0 radical (unpaired) electrons. The Hall–Kier alpha value is -3.76. The third-order valence-electron chi connectivity index (χ3n) is 8.95. The van der Waals surface area contributed by atoms with Crippen LogP contribution in [0.15, 0.2) is 30.3 Å². The highest BCUT2D eigenvalue weighted by atomic mass is 16.2. The number of hydrogen-bond acceptors (Lipinski definition) is 6. The van der Waals surface area contributed by atoms with Gasteiger partial charge in [-0.25, -0.2) is 0 Å². The summed E-state index contributed by atoms with van der Waals surface area (Å²) in [5.74, 6) is -3.23. The van der Waals surface area contributed by atoms with Gasteiger partial charge < -0.3 is 26.2 Å². The van der Waals surface area contributed by atoms with Crippen LogP contribution >= 0.6 is 0 Å². The fraction of sp³-hybridized carbons (Fsp3) is 0.636. The lowest BCUT2D eigenvalue weighted by molar-refractivity contribution is -0.145. The average molecular weight is 612 g/mol. The SMILES string of the molecule is CCCC(NC(=O)[C@@H]1[C@H]2CCC[C@H]2CN1C(=O)[C@@H](NC(=O)[C@H](NC=O)C(C)C)C(C)C)C(=O)C(=O)N[C@H](C)c1ccccc1. The monoisotopic (exact) mass is 611 g/mol. The van der Waals surface area contributed by atoms with Crippen molar-refractivity contribution < 1.29 is 28.8 Å². The molecule has 242 valence electrons. The molecule has 44 heavy (non-hydrogen) atoms. The zero-order chi connectivity index (χ0) is 32.6. The number of rotatable bonds is 15. The quantitative estimate of drug-likeness (QED) is 0.176. The Morgan fingerprint density at radius 2 is 1.57 bits per heavy atom. The van der Waals surface area contributed by atoms with Crippen LogP contribution in [0.3, 0.4) is 0 Å². The fourth-order valence-corrected chi connectivity index (χ4v) is 6.51. The lowest BCUT2D eigenvalue weighted by Gasteiger charge is -2.33. The highest BCUT2D eigenvalue weighted by Gasteiger charge is 2.51. The molecule has 0 bridgehead atoms. The number of benzene rings is 1. The maximum atomic E-state index is 14.0. The summed E-state index contributed by atoms with van der Waals surface area (Å²) in [7, 11) is 0. The first-order valence-corrected chi connectivity index (χ1v) is 15.9. The first-order valence-electron chi connectivity index (χ1n) is 15.9. The van der Waals surface area contributed by atoms with Crippen molar-refractivity contribution in [1.82, 2.24) is 26.2 Å². The number of carbonyl (C=O) groups excluding carboxylic acids is 6. The van der Waals surface area contributed by atoms with E-state index in [-0.39, 0.29) is 36.0 Å². The van der Waals surface area contributed by atoms with E-state index in [0.29, 0.717) is 19.4 Å². The van der Waals surface area contributed by atoms with E-state index in [1.165, 1.54) is 0 Å². The van der Waals surface area contributed by atoms with Crippen molar-refractivity contribution >= 4 is 35.8 Å². The van der Waals surface area contributed by atoms with E-state index < -0.39 is 53.7 Å². The summed E-state index contributed by atoms with van der Waals surface area (Å²) in [6, 6.07) is 5.32. The fourth-order valence-electron chi connectivity index (χ4n) is 6.51. The maximum Gasteiger partial charge on any atom is 0.290 e. The largest absolute Gasteiger partial charge is 0.347 e. The molecule has 1 saturated carbocycles. The minimum Gasteiger partial charge on any atom is -0.347 e. The number of nitrogens with one attached hydrogen (secondary N) is 4. The highest BCUT2D eigenvalue weighted by Crippen LogP contribution is 2.42. The molecule has 0 aromatic heterocycles. The van der Waals surface area contributed by atoms with Crippen molar-refractivity contribution in [1.29, 1.82) is 0 Å². The van der Waals surface area contributed by atoms with Gasteiger partial charge in [0, 0.05) is 6.54 Å². The lowest BCUT2D eigenvalue weighted by Crippen LogP contribution is -2.60.